The molecule has 0 aromatic heterocycles. The van der Waals surface area contributed by atoms with Gasteiger partial charge in [-0.1, -0.05) is 11.6 Å². The number of benzene rings is 1. The van der Waals surface area contributed by atoms with Crippen molar-refractivity contribution in [1.29, 1.82) is 0 Å². The molecule has 11 heteroatoms. The van der Waals surface area contributed by atoms with Crippen molar-refractivity contribution in [2.75, 3.05) is 19.8 Å². The van der Waals surface area contributed by atoms with Crippen LogP contribution < -0.4 is 14.8 Å². The van der Waals surface area contributed by atoms with Crippen LogP contribution in [0.3, 0.4) is 0 Å². The van der Waals surface area contributed by atoms with E-state index in [9.17, 15) is 19.2 Å². The molecule has 0 saturated carbocycles. The van der Waals surface area contributed by atoms with Crippen LogP contribution in [-0.2, 0) is 14.4 Å². The molecule has 3 amide bonds. The van der Waals surface area contributed by atoms with E-state index in [-0.39, 0.29) is 28.8 Å². The molecule has 1 aromatic rings. The summed E-state index contributed by atoms with van der Waals surface area (Å²) >= 11 is 6.11. The molecule has 1 fully saturated rings. The predicted molar refractivity (Wildman–Crippen MR) is 91.6 cm³/mol. The maximum atomic E-state index is 12.2. The Bertz CT molecular complexity index is 836. The first-order valence-electron chi connectivity index (χ1n) is 7.60. The number of hydrogen-bond donors (Lipinski definition) is 3. The minimum atomic E-state index is -1.33. The number of rotatable bonds is 8. The Morgan fingerprint density at radius 1 is 1.22 bits per heavy atom. The molecule has 1 saturated heterocycles. The number of ether oxygens (including phenoxy) is 2. The Morgan fingerprint density at radius 2 is 1.93 bits per heavy atom. The minimum Gasteiger partial charge on any atom is -0.490 e. The second kappa shape index (κ2) is 8.41. The average molecular weight is 399 g/mol. The van der Waals surface area contributed by atoms with Crippen LogP contribution in [0.15, 0.2) is 17.8 Å². The van der Waals surface area contributed by atoms with Gasteiger partial charge in [-0.05, 0) is 30.7 Å². The summed E-state index contributed by atoms with van der Waals surface area (Å²) in [6, 6.07) is 1.97. The van der Waals surface area contributed by atoms with Crippen molar-refractivity contribution in [3.8, 4) is 11.5 Å². The van der Waals surface area contributed by atoms with Gasteiger partial charge in [-0.3, -0.25) is 9.59 Å². The zero-order valence-corrected chi connectivity index (χ0v) is 14.8. The van der Waals surface area contributed by atoms with Crippen LogP contribution in [0.25, 0.3) is 6.08 Å². The Balaban J connectivity index is 2.34. The Labute approximate surface area is 157 Å². The van der Waals surface area contributed by atoms with Crippen molar-refractivity contribution < 1.29 is 38.9 Å². The third-order valence-corrected chi connectivity index (χ3v) is 3.52. The van der Waals surface area contributed by atoms with E-state index >= 15 is 0 Å². The van der Waals surface area contributed by atoms with E-state index in [1.54, 1.807) is 6.92 Å². The van der Waals surface area contributed by atoms with E-state index in [0.29, 0.717) is 10.5 Å². The first-order chi connectivity index (χ1) is 12.7. The standard InChI is InChI=1S/C16H15ClN2O8/c1-2-26-11-5-8(3-9(17)14(11)27-7-13(22)23)4-10-15(24)19(6-12(20)21)16(25)18-10/h3-5H,2,6-7H2,1H3,(H,18,25)(H,20,21)(H,22,23)/b10-4+. The van der Waals surface area contributed by atoms with Gasteiger partial charge in [0, 0.05) is 0 Å². The summed E-state index contributed by atoms with van der Waals surface area (Å²) in [7, 11) is 0. The molecule has 0 unspecified atom stereocenters. The van der Waals surface area contributed by atoms with Crippen LogP contribution in [0.2, 0.25) is 5.02 Å². The minimum absolute atomic E-state index is 0.0253. The molecule has 0 radical (unpaired) electrons. The Hall–Kier alpha value is -3.27. The summed E-state index contributed by atoms with van der Waals surface area (Å²) in [6.45, 7) is 0.542. The largest absolute Gasteiger partial charge is 0.490 e. The van der Waals surface area contributed by atoms with Crippen molar-refractivity contribution in [2.45, 2.75) is 6.92 Å². The van der Waals surface area contributed by atoms with Crippen LogP contribution in [0, 0.1) is 0 Å². The number of halogens is 1. The van der Waals surface area contributed by atoms with Crippen LogP contribution >= 0.6 is 11.6 Å². The molecule has 0 bridgehead atoms. The molecule has 1 aliphatic rings. The third kappa shape index (κ3) is 4.88. The van der Waals surface area contributed by atoms with Gasteiger partial charge in [-0.15, -0.1) is 0 Å². The number of nitrogens with zero attached hydrogens (tertiary/aromatic N) is 1. The molecule has 0 atom stereocenters. The molecule has 0 aliphatic carbocycles. The summed E-state index contributed by atoms with van der Waals surface area (Å²) in [6.07, 6.45) is 1.29. The highest BCUT2D eigenvalue weighted by atomic mass is 35.5. The van der Waals surface area contributed by atoms with Crippen molar-refractivity contribution >= 4 is 41.6 Å². The molecule has 27 heavy (non-hydrogen) atoms. The molecule has 144 valence electrons. The second-order valence-corrected chi connectivity index (χ2v) is 5.63. The molecule has 1 aromatic carbocycles. The molecule has 1 heterocycles. The van der Waals surface area contributed by atoms with Gasteiger partial charge >= 0.3 is 18.0 Å². The topological polar surface area (TPSA) is 142 Å². The van der Waals surface area contributed by atoms with E-state index < -0.39 is 37.0 Å². The fourth-order valence-electron chi connectivity index (χ4n) is 2.23. The summed E-state index contributed by atoms with van der Waals surface area (Å²) < 4.78 is 10.5. The van der Waals surface area contributed by atoms with Crippen molar-refractivity contribution in [2.24, 2.45) is 0 Å². The number of carbonyl (C=O) groups is 4. The molecule has 0 spiro atoms. The van der Waals surface area contributed by atoms with E-state index in [1.165, 1.54) is 18.2 Å². The molecule has 2 rings (SSSR count). The van der Waals surface area contributed by atoms with Crippen molar-refractivity contribution in [3.05, 3.63) is 28.4 Å². The molecular formula is C16H15ClN2O8. The number of carboxylic acid groups (broad SMARTS) is 2. The van der Waals surface area contributed by atoms with Gasteiger partial charge in [0.15, 0.2) is 18.1 Å². The number of hydrogen-bond acceptors (Lipinski definition) is 6. The lowest BCUT2D eigenvalue weighted by Crippen LogP contribution is -2.35. The van der Waals surface area contributed by atoms with Gasteiger partial charge in [-0.2, -0.15) is 0 Å². The first-order valence-corrected chi connectivity index (χ1v) is 7.98. The van der Waals surface area contributed by atoms with Crippen LogP contribution in [-0.4, -0.2) is 58.7 Å². The van der Waals surface area contributed by atoms with Gasteiger partial charge in [0.2, 0.25) is 0 Å². The number of imide groups is 1. The van der Waals surface area contributed by atoms with E-state index in [0.717, 1.165) is 0 Å². The first kappa shape index (κ1) is 20.0. The van der Waals surface area contributed by atoms with Crippen LogP contribution in [0.5, 0.6) is 11.5 Å². The van der Waals surface area contributed by atoms with Gasteiger partial charge < -0.3 is 25.0 Å². The predicted octanol–water partition coefficient (Wildman–Crippen LogP) is 1.18. The lowest BCUT2D eigenvalue weighted by Gasteiger charge is -2.13. The zero-order chi connectivity index (χ0) is 20.1. The van der Waals surface area contributed by atoms with E-state index in [2.05, 4.69) is 5.32 Å². The summed E-state index contributed by atoms with van der Waals surface area (Å²) in [4.78, 5) is 45.8. The zero-order valence-electron chi connectivity index (χ0n) is 14.0. The average Bonchev–Trinajstić information content (AvgIpc) is 2.81. The Morgan fingerprint density at radius 3 is 2.52 bits per heavy atom. The quantitative estimate of drug-likeness (QED) is 0.437. The summed E-state index contributed by atoms with van der Waals surface area (Å²) in [5.41, 5.74) is 0.214. The third-order valence-electron chi connectivity index (χ3n) is 3.24. The highest BCUT2D eigenvalue weighted by molar-refractivity contribution is 6.32. The number of urea groups is 1. The van der Waals surface area contributed by atoms with Gasteiger partial charge in [0.25, 0.3) is 5.91 Å². The normalized spacial score (nSPS) is 15.0. The van der Waals surface area contributed by atoms with Crippen molar-refractivity contribution in [3.63, 3.8) is 0 Å². The number of amides is 3. The number of aliphatic carboxylic acids is 2. The van der Waals surface area contributed by atoms with Gasteiger partial charge in [0.05, 0.1) is 11.6 Å². The molecule has 1 aliphatic heterocycles. The molecular weight excluding hydrogens is 384 g/mol. The smallest absolute Gasteiger partial charge is 0.341 e. The highest BCUT2D eigenvalue weighted by Crippen LogP contribution is 2.37. The van der Waals surface area contributed by atoms with E-state index in [4.69, 9.17) is 31.3 Å². The second-order valence-electron chi connectivity index (χ2n) is 5.22. The Kier molecular flexibility index (Phi) is 6.24. The van der Waals surface area contributed by atoms with Gasteiger partial charge in [0.1, 0.15) is 12.2 Å². The maximum Gasteiger partial charge on any atom is 0.341 e. The van der Waals surface area contributed by atoms with Gasteiger partial charge in [-0.25, -0.2) is 14.5 Å². The van der Waals surface area contributed by atoms with Crippen molar-refractivity contribution in [1.82, 2.24) is 10.2 Å². The maximum absolute atomic E-state index is 12.2. The summed E-state index contributed by atoms with van der Waals surface area (Å²) in [5.74, 6) is -3.16. The summed E-state index contributed by atoms with van der Waals surface area (Å²) in [5, 5.41) is 19.8. The molecule has 10 nitrogen and oxygen atoms in total. The lowest BCUT2D eigenvalue weighted by atomic mass is 10.1. The number of carbonyl (C=O) groups excluding carboxylic acids is 2. The van der Waals surface area contributed by atoms with E-state index in [1.807, 2.05) is 0 Å². The monoisotopic (exact) mass is 398 g/mol. The number of nitrogens with one attached hydrogen (secondary N) is 1. The fourth-order valence-corrected chi connectivity index (χ4v) is 2.50. The van der Waals surface area contributed by atoms with Crippen LogP contribution in [0.4, 0.5) is 4.79 Å². The highest BCUT2D eigenvalue weighted by Gasteiger charge is 2.34. The number of carboxylic acids is 2. The molecule has 3 N–H and O–H groups in total. The fraction of sp³-hybridized carbons (Fsp3) is 0.250. The SMILES string of the molecule is CCOc1cc(/C=C2/NC(=O)N(CC(=O)O)C2=O)cc(Cl)c1OCC(=O)O. The van der Waals surface area contributed by atoms with Crippen LogP contribution in [0.1, 0.15) is 12.5 Å². The lowest BCUT2D eigenvalue weighted by molar-refractivity contribution is -0.140.